The van der Waals surface area contributed by atoms with Crippen LogP contribution < -0.4 is 5.32 Å². The van der Waals surface area contributed by atoms with Gasteiger partial charge in [0.1, 0.15) is 11.1 Å². The van der Waals surface area contributed by atoms with E-state index >= 15 is 0 Å². The number of amides is 1. The van der Waals surface area contributed by atoms with Crippen molar-refractivity contribution < 1.29 is 4.79 Å². The molecule has 1 heterocycles. The molecule has 2 aromatic rings. The van der Waals surface area contributed by atoms with Crippen molar-refractivity contribution in [2.75, 3.05) is 5.32 Å². The molecule has 3 nitrogen and oxygen atoms in total. The van der Waals surface area contributed by atoms with Gasteiger partial charge in [-0.25, -0.2) is 0 Å². The van der Waals surface area contributed by atoms with Crippen LogP contribution in [0.2, 0.25) is 0 Å². The minimum absolute atomic E-state index is 0.144. The highest BCUT2D eigenvalue weighted by molar-refractivity contribution is 7.16. The molecule has 1 aliphatic rings. The monoisotopic (exact) mass is 366 g/mol. The Balaban J connectivity index is 1.87. The number of nitriles is 1. The number of thiophene rings is 1. The molecule has 0 spiro atoms. The van der Waals surface area contributed by atoms with Crippen LogP contribution >= 0.6 is 11.3 Å². The summed E-state index contributed by atoms with van der Waals surface area (Å²) >= 11 is 1.59. The van der Waals surface area contributed by atoms with Crippen LogP contribution in [0.4, 0.5) is 5.00 Å². The molecule has 0 radical (unpaired) electrons. The second kappa shape index (κ2) is 7.25. The maximum absolute atomic E-state index is 12.6. The SMILES string of the molecule is CCC(C)(C)C1CCc2c(sc(NC(=O)c3cccc(C)c3)c2C#N)C1. The molecule has 0 aliphatic heterocycles. The van der Waals surface area contributed by atoms with Crippen molar-refractivity contribution in [3.8, 4) is 6.07 Å². The Morgan fingerprint density at radius 2 is 2.19 bits per heavy atom. The lowest BCUT2D eigenvalue weighted by Gasteiger charge is -2.36. The van der Waals surface area contributed by atoms with Gasteiger partial charge in [0, 0.05) is 10.4 Å². The van der Waals surface area contributed by atoms with Crippen molar-refractivity contribution in [2.45, 2.75) is 53.4 Å². The predicted octanol–water partition coefficient (Wildman–Crippen LogP) is 5.72. The summed E-state index contributed by atoms with van der Waals surface area (Å²) in [6.45, 7) is 8.89. The van der Waals surface area contributed by atoms with E-state index in [-0.39, 0.29) is 5.91 Å². The first-order valence-electron chi connectivity index (χ1n) is 9.28. The Labute approximate surface area is 160 Å². The molecule has 136 valence electrons. The fourth-order valence-electron chi connectivity index (χ4n) is 3.71. The summed E-state index contributed by atoms with van der Waals surface area (Å²) in [7, 11) is 0. The summed E-state index contributed by atoms with van der Waals surface area (Å²) in [6.07, 6.45) is 4.21. The highest BCUT2D eigenvalue weighted by Gasteiger charge is 2.34. The van der Waals surface area contributed by atoms with Crippen LogP contribution in [0.3, 0.4) is 0 Å². The van der Waals surface area contributed by atoms with E-state index in [1.807, 2.05) is 31.2 Å². The van der Waals surface area contributed by atoms with E-state index in [0.717, 1.165) is 36.8 Å². The van der Waals surface area contributed by atoms with Gasteiger partial charge in [-0.1, -0.05) is 44.9 Å². The average Bonchev–Trinajstić information content (AvgIpc) is 2.97. The molecule has 1 aromatic heterocycles. The molecule has 1 atom stereocenters. The molecule has 0 saturated heterocycles. The van der Waals surface area contributed by atoms with Crippen LogP contribution in [0.5, 0.6) is 0 Å². The first kappa shape index (κ1) is 18.7. The molecular formula is C22H26N2OS. The molecule has 0 saturated carbocycles. The Kier molecular flexibility index (Phi) is 5.20. The van der Waals surface area contributed by atoms with Crippen LogP contribution in [-0.2, 0) is 12.8 Å². The molecule has 0 bridgehead atoms. The van der Waals surface area contributed by atoms with Gasteiger partial charge < -0.3 is 5.32 Å². The Hall–Kier alpha value is -2.12. The average molecular weight is 367 g/mol. The van der Waals surface area contributed by atoms with Gasteiger partial charge in [0.25, 0.3) is 5.91 Å². The molecule has 1 N–H and O–H groups in total. The summed E-state index contributed by atoms with van der Waals surface area (Å²) in [4.78, 5) is 13.9. The van der Waals surface area contributed by atoms with E-state index in [1.54, 1.807) is 11.3 Å². The predicted molar refractivity (Wildman–Crippen MR) is 108 cm³/mol. The number of fused-ring (bicyclic) bond motifs is 1. The van der Waals surface area contributed by atoms with Crippen molar-refractivity contribution >= 4 is 22.2 Å². The molecule has 1 aromatic carbocycles. The number of anilines is 1. The molecular weight excluding hydrogens is 340 g/mol. The van der Waals surface area contributed by atoms with Gasteiger partial charge in [0.2, 0.25) is 0 Å². The fraction of sp³-hybridized carbons (Fsp3) is 0.455. The highest BCUT2D eigenvalue weighted by atomic mass is 32.1. The van der Waals surface area contributed by atoms with E-state index in [1.165, 1.54) is 4.88 Å². The van der Waals surface area contributed by atoms with Crippen molar-refractivity contribution in [1.29, 1.82) is 5.26 Å². The Bertz CT molecular complexity index is 873. The first-order chi connectivity index (χ1) is 12.4. The number of nitrogens with zero attached hydrogens (tertiary/aromatic N) is 1. The maximum atomic E-state index is 12.6. The minimum atomic E-state index is -0.144. The highest BCUT2D eigenvalue weighted by Crippen LogP contribution is 2.45. The summed E-state index contributed by atoms with van der Waals surface area (Å²) in [5.74, 6) is 0.486. The van der Waals surface area contributed by atoms with Gasteiger partial charge in [-0.2, -0.15) is 5.26 Å². The number of carbonyl (C=O) groups excluding carboxylic acids is 1. The van der Waals surface area contributed by atoms with Crippen LogP contribution in [0.25, 0.3) is 0 Å². The van der Waals surface area contributed by atoms with Gasteiger partial charge in [0.15, 0.2) is 0 Å². The second-order valence-electron chi connectivity index (χ2n) is 7.93. The van der Waals surface area contributed by atoms with E-state index in [0.29, 0.717) is 27.5 Å². The number of benzene rings is 1. The third-order valence-electron chi connectivity index (χ3n) is 5.90. The van der Waals surface area contributed by atoms with Crippen molar-refractivity contribution in [2.24, 2.45) is 11.3 Å². The Morgan fingerprint density at radius 3 is 2.85 bits per heavy atom. The van der Waals surface area contributed by atoms with Gasteiger partial charge in [0.05, 0.1) is 5.56 Å². The summed E-state index contributed by atoms with van der Waals surface area (Å²) in [5.41, 5.74) is 3.80. The zero-order chi connectivity index (χ0) is 18.9. The second-order valence-corrected chi connectivity index (χ2v) is 9.03. The van der Waals surface area contributed by atoms with E-state index in [4.69, 9.17) is 0 Å². The number of aryl methyl sites for hydroxylation is 1. The first-order valence-corrected chi connectivity index (χ1v) is 10.1. The van der Waals surface area contributed by atoms with Crippen molar-refractivity contribution in [3.05, 3.63) is 51.4 Å². The molecule has 0 fully saturated rings. The summed E-state index contributed by atoms with van der Waals surface area (Å²) < 4.78 is 0. The van der Waals surface area contributed by atoms with Gasteiger partial charge >= 0.3 is 0 Å². The van der Waals surface area contributed by atoms with E-state index in [9.17, 15) is 10.1 Å². The minimum Gasteiger partial charge on any atom is -0.312 e. The van der Waals surface area contributed by atoms with Crippen LogP contribution in [0, 0.1) is 29.6 Å². The standard InChI is InChI=1S/C22H26N2OS/c1-5-22(3,4)16-9-10-17-18(13-23)21(26-19(17)12-16)24-20(25)15-8-6-7-14(2)11-15/h6-8,11,16H,5,9-10,12H2,1-4H3,(H,24,25). The van der Waals surface area contributed by atoms with Crippen molar-refractivity contribution in [3.63, 3.8) is 0 Å². The largest absolute Gasteiger partial charge is 0.312 e. The number of carbonyl (C=O) groups is 1. The zero-order valence-corrected chi connectivity index (χ0v) is 16.8. The summed E-state index contributed by atoms with van der Waals surface area (Å²) in [5, 5.41) is 13.4. The maximum Gasteiger partial charge on any atom is 0.256 e. The molecule has 1 unspecified atom stereocenters. The van der Waals surface area contributed by atoms with Gasteiger partial charge in [-0.3, -0.25) is 4.79 Å². The van der Waals surface area contributed by atoms with Crippen LogP contribution in [0.1, 0.15) is 65.5 Å². The number of hydrogen-bond acceptors (Lipinski definition) is 3. The molecule has 3 rings (SSSR count). The topological polar surface area (TPSA) is 52.9 Å². The third kappa shape index (κ3) is 3.54. The normalized spacial score (nSPS) is 16.7. The lowest BCUT2D eigenvalue weighted by Crippen LogP contribution is -2.28. The van der Waals surface area contributed by atoms with Crippen LogP contribution in [-0.4, -0.2) is 5.91 Å². The molecule has 26 heavy (non-hydrogen) atoms. The Morgan fingerprint density at radius 1 is 1.42 bits per heavy atom. The smallest absolute Gasteiger partial charge is 0.256 e. The molecule has 1 aliphatic carbocycles. The lowest BCUT2D eigenvalue weighted by molar-refractivity contribution is 0.102. The lowest BCUT2D eigenvalue weighted by atomic mass is 9.69. The number of hydrogen-bond donors (Lipinski definition) is 1. The fourth-order valence-corrected chi connectivity index (χ4v) is 4.98. The quantitative estimate of drug-likeness (QED) is 0.752. The van der Waals surface area contributed by atoms with Gasteiger partial charge in [-0.15, -0.1) is 11.3 Å². The molecule has 4 heteroatoms. The van der Waals surface area contributed by atoms with E-state index < -0.39 is 0 Å². The van der Waals surface area contributed by atoms with Gasteiger partial charge in [-0.05, 0) is 55.2 Å². The zero-order valence-electron chi connectivity index (χ0n) is 16.0. The number of rotatable bonds is 4. The number of nitrogens with one attached hydrogen (secondary N) is 1. The van der Waals surface area contributed by atoms with Crippen LogP contribution in [0.15, 0.2) is 24.3 Å². The molecule has 1 amide bonds. The van der Waals surface area contributed by atoms with E-state index in [2.05, 4.69) is 32.2 Å². The summed E-state index contributed by atoms with van der Waals surface area (Å²) in [6, 6.07) is 9.86. The van der Waals surface area contributed by atoms with Crippen molar-refractivity contribution in [1.82, 2.24) is 0 Å². The third-order valence-corrected chi connectivity index (χ3v) is 7.07.